The van der Waals surface area contributed by atoms with Crippen molar-refractivity contribution < 1.29 is 9.47 Å². The van der Waals surface area contributed by atoms with Crippen molar-refractivity contribution in [2.75, 3.05) is 25.4 Å². The van der Waals surface area contributed by atoms with Gasteiger partial charge in [-0.2, -0.15) is 0 Å². The number of hydrogen-bond donors (Lipinski definition) is 2. The molecule has 1 saturated heterocycles. The van der Waals surface area contributed by atoms with Gasteiger partial charge in [-0.05, 0) is 26.7 Å². The lowest BCUT2D eigenvalue weighted by Gasteiger charge is -2.39. The number of rotatable bonds is 4. The molecule has 0 bridgehead atoms. The van der Waals surface area contributed by atoms with Gasteiger partial charge in [0.15, 0.2) is 11.5 Å². The number of nitrogens with one attached hydrogen (secondary N) is 1. The van der Waals surface area contributed by atoms with E-state index in [0.29, 0.717) is 29.3 Å². The van der Waals surface area contributed by atoms with E-state index < -0.39 is 0 Å². The number of benzene rings is 1. The Hall–Kier alpha value is -1.62. The Morgan fingerprint density at radius 3 is 2.20 bits per heavy atom. The molecule has 5 nitrogen and oxygen atoms in total. The molecule has 2 unspecified atom stereocenters. The molecule has 2 rings (SSSR count). The van der Waals surface area contributed by atoms with Gasteiger partial charge in [-0.25, -0.2) is 5.01 Å². The molecule has 1 aliphatic heterocycles. The van der Waals surface area contributed by atoms with Gasteiger partial charge in [0, 0.05) is 24.2 Å². The number of hydrogen-bond acceptors (Lipinski definition) is 5. The molecule has 1 aliphatic rings. The van der Waals surface area contributed by atoms with E-state index >= 15 is 0 Å². The smallest absolute Gasteiger partial charge is 0.162 e. The first kappa shape index (κ1) is 14.8. The second-order valence-electron chi connectivity index (χ2n) is 5.44. The van der Waals surface area contributed by atoms with Crippen LogP contribution in [0.4, 0.5) is 11.4 Å². The first-order chi connectivity index (χ1) is 9.56. The second kappa shape index (κ2) is 6.22. The Balaban J connectivity index is 2.24. The Kier molecular flexibility index (Phi) is 4.60. The van der Waals surface area contributed by atoms with Gasteiger partial charge < -0.3 is 20.6 Å². The summed E-state index contributed by atoms with van der Waals surface area (Å²) in [6.45, 7) is 4.47. The monoisotopic (exact) mass is 279 g/mol. The number of hydrazine groups is 1. The van der Waals surface area contributed by atoms with E-state index in [2.05, 4.69) is 24.3 Å². The summed E-state index contributed by atoms with van der Waals surface area (Å²) in [6, 6.07) is 4.67. The number of piperidine rings is 1. The summed E-state index contributed by atoms with van der Waals surface area (Å²) in [4.78, 5) is 0. The van der Waals surface area contributed by atoms with Crippen LogP contribution in [0.3, 0.4) is 0 Å². The fourth-order valence-electron chi connectivity index (χ4n) is 2.77. The lowest BCUT2D eigenvalue weighted by molar-refractivity contribution is 0.136. The third-order valence-corrected chi connectivity index (χ3v) is 4.00. The van der Waals surface area contributed by atoms with Crippen LogP contribution >= 0.6 is 0 Å². The molecule has 0 radical (unpaired) electrons. The summed E-state index contributed by atoms with van der Waals surface area (Å²) in [5.41, 5.74) is 11.1. The Labute approximate surface area is 121 Å². The molecule has 0 aromatic heterocycles. The summed E-state index contributed by atoms with van der Waals surface area (Å²) < 4.78 is 10.6. The van der Waals surface area contributed by atoms with Crippen molar-refractivity contribution in [2.24, 2.45) is 0 Å². The van der Waals surface area contributed by atoms with Crippen molar-refractivity contribution in [1.82, 2.24) is 5.01 Å². The van der Waals surface area contributed by atoms with Crippen LogP contribution in [0.2, 0.25) is 0 Å². The van der Waals surface area contributed by atoms with Gasteiger partial charge in [-0.3, -0.25) is 0 Å². The first-order valence-corrected chi connectivity index (χ1v) is 7.13. The predicted octanol–water partition coefficient (Wildman–Crippen LogP) is 2.88. The van der Waals surface area contributed by atoms with Crippen LogP contribution in [0.25, 0.3) is 0 Å². The lowest BCUT2D eigenvalue weighted by atomic mass is 10.00. The van der Waals surface area contributed by atoms with Crippen molar-refractivity contribution in [2.45, 2.75) is 45.2 Å². The van der Waals surface area contributed by atoms with Gasteiger partial charge in [-0.15, -0.1) is 0 Å². The van der Waals surface area contributed by atoms with Crippen LogP contribution in [-0.2, 0) is 0 Å². The minimum atomic E-state index is 0.492. The molecule has 0 aliphatic carbocycles. The van der Waals surface area contributed by atoms with Crippen LogP contribution in [0, 0.1) is 0 Å². The van der Waals surface area contributed by atoms with Crippen LogP contribution < -0.4 is 20.6 Å². The standard InChI is InChI=1S/C15H25N3O2/c1-10-6-5-7-11(2)18(10)17-13-9-15(20-4)14(19-3)8-12(13)16/h8-11,17H,5-7,16H2,1-4H3. The predicted molar refractivity (Wildman–Crippen MR) is 82.2 cm³/mol. The molecule has 1 aromatic rings. The molecular formula is C15H25N3O2. The van der Waals surface area contributed by atoms with E-state index in [1.165, 1.54) is 19.3 Å². The molecular weight excluding hydrogens is 254 g/mol. The highest BCUT2D eigenvalue weighted by atomic mass is 16.5. The van der Waals surface area contributed by atoms with E-state index in [-0.39, 0.29) is 0 Å². The topological polar surface area (TPSA) is 59.8 Å². The molecule has 0 spiro atoms. The number of nitrogens with zero attached hydrogens (tertiary/aromatic N) is 1. The molecule has 0 saturated carbocycles. The van der Waals surface area contributed by atoms with Gasteiger partial charge in [0.1, 0.15) is 0 Å². The maximum absolute atomic E-state index is 6.10. The number of nitrogens with two attached hydrogens (primary N) is 1. The minimum absolute atomic E-state index is 0.492. The fourth-order valence-corrected chi connectivity index (χ4v) is 2.77. The molecule has 1 fully saturated rings. The van der Waals surface area contributed by atoms with Crippen LogP contribution in [-0.4, -0.2) is 31.3 Å². The highest BCUT2D eigenvalue weighted by Crippen LogP contribution is 2.36. The average Bonchev–Trinajstić information content (AvgIpc) is 2.44. The summed E-state index contributed by atoms with van der Waals surface area (Å²) >= 11 is 0. The van der Waals surface area contributed by atoms with E-state index in [1.54, 1.807) is 20.3 Å². The van der Waals surface area contributed by atoms with Gasteiger partial charge in [0.25, 0.3) is 0 Å². The maximum Gasteiger partial charge on any atom is 0.162 e. The Morgan fingerprint density at radius 1 is 1.10 bits per heavy atom. The minimum Gasteiger partial charge on any atom is -0.493 e. The zero-order chi connectivity index (χ0) is 14.7. The first-order valence-electron chi connectivity index (χ1n) is 7.13. The van der Waals surface area contributed by atoms with Crippen LogP contribution in [0.1, 0.15) is 33.1 Å². The average molecular weight is 279 g/mol. The molecule has 2 atom stereocenters. The number of ether oxygens (including phenoxy) is 2. The van der Waals surface area contributed by atoms with Crippen LogP contribution in [0.15, 0.2) is 12.1 Å². The summed E-state index contributed by atoms with van der Waals surface area (Å²) in [5.74, 6) is 1.33. The van der Waals surface area contributed by atoms with E-state index in [0.717, 1.165) is 5.69 Å². The Morgan fingerprint density at radius 2 is 1.65 bits per heavy atom. The number of methoxy groups -OCH3 is 2. The number of nitrogen functional groups attached to an aromatic ring is 1. The van der Waals surface area contributed by atoms with Crippen molar-refractivity contribution in [3.8, 4) is 11.5 Å². The molecule has 1 heterocycles. The van der Waals surface area contributed by atoms with Crippen LogP contribution in [0.5, 0.6) is 11.5 Å². The lowest BCUT2D eigenvalue weighted by Crippen LogP contribution is -2.47. The molecule has 0 amide bonds. The fraction of sp³-hybridized carbons (Fsp3) is 0.600. The van der Waals surface area contributed by atoms with E-state index in [4.69, 9.17) is 15.2 Å². The van der Waals surface area contributed by atoms with Gasteiger partial charge >= 0.3 is 0 Å². The van der Waals surface area contributed by atoms with E-state index in [1.807, 2.05) is 6.07 Å². The third kappa shape index (κ3) is 2.93. The molecule has 5 heteroatoms. The maximum atomic E-state index is 6.10. The number of anilines is 2. The van der Waals surface area contributed by atoms with Crippen molar-refractivity contribution in [3.05, 3.63) is 12.1 Å². The normalized spacial score (nSPS) is 23.4. The highest BCUT2D eigenvalue weighted by molar-refractivity contribution is 5.71. The largest absolute Gasteiger partial charge is 0.493 e. The highest BCUT2D eigenvalue weighted by Gasteiger charge is 2.25. The zero-order valence-electron chi connectivity index (χ0n) is 12.8. The van der Waals surface area contributed by atoms with Gasteiger partial charge in [-0.1, -0.05) is 6.42 Å². The molecule has 20 heavy (non-hydrogen) atoms. The van der Waals surface area contributed by atoms with Gasteiger partial charge in [0.2, 0.25) is 0 Å². The van der Waals surface area contributed by atoms with E-state index in [9.17, 15) is 0 Å². The molecule has 112 valence electrons. The summed E-state index contributed by atoms with van der Waals surface area (Å²) in [6.07, 6.45) is 3.68. The summed E-state index contributed by atoms with van der Waals surface area (Å²) in [5, 5.41) is 2.28. The molecule has 3 N–H and O–H groups in total. The van der Waals surface area contributed by atoms with Crippen molar-refractivity contribution in [1.29, 1.82) is 0 Å². The zero-order valence-corrected chi connectivity index (χ0v) is 12.8. The third-order valence-electron chi connectivity index (χ3n) is 4.00. The summed E-state index contributed by atoms with van der Waals surface area (Å²) in [7, 11) is 3.24. The Bertz CT molecular complexity index is 455. The van der Waals surface area contributed by atoms with Crippen molar-refractivity contribution in [3.63, 3.8) is 0 Å². The quantitative estimate of drug-likeness (QED) is 0.830. The van der Waals surface area contributed by atoms with Crippen molar-refractivity contribution >= 4 is 11.4 Å². The molecule has 1 aromatic carbocycles. The second-order valence-corrected chi connectivity index (χ2v) is 5.44. The van der Waals surface area contributed by atoms with Gasteiger partial charge in [0.05, 0.1) is 25.6 Å². The SMILES string of the molecule is COc1cc(N)c(NN2C(C)CCCC2C)cc1OC.